The number of hydrogen-bond donors (Lipinski definition) is 1. The third kappa shape index (κ3) is 4.84. The topological polar surface area (TPSA) is 59.8 Å². The van der Waals surface area contributed by atoms with Crippen molar-refractivity contribution in [3.8, 4) is 0 Å². The van der Waals surface area contributed by atoms with E-state index >= 15 is 0 Å². The first-order chi connectivity index (χ1) is 11.7. The van der Waals surface area contributed by atoms with Gasteiger partial charge in [0.05, 0.1) is 18.0 Å². The second-order valence-corrected chi connectivity index (χ2v) is 6.50. The highest BCUT2D eigenvalue weighted by Crippen LogP contribution is 2.20. The summed E-state index contributed by atoms with van der Waals surface area (Å²) >= 11 is 7.29. The fraction of sp³-hybridized carbons (Fsp3) is 0.118. The van der Waals surface area contributed by atoms with Gasteiger partial charge in [-0.1, -0.05) is 17.7 Å². The molecule has 1 N–H and O–H groups in total. The summed E-state index contributed by atoms with van der Waals surface area (Å²) in [5.74, 6) is 0.750. The van der Waals surface area contributed by atoms with Crippen molar-refractivity contribution in [1.82, 2.24) is 14.8 Å². The van der Waals surface area contributed by atoms with Gasteiger partial charge in [0.15, 0.2) is 5.82 Å². The van der Waals surface area contributed by atoms with Gasteiger partial charge in [-0.2, -0.15) is 5.10 Å². The lowest BCUT2D eigenvalue weighted by molar-refractivity contribution is -0.113. The van der Waals surface area contributed by atoms with Crippen LogP contribution in [0.25, 0.3) is 0 Å². The van der Waals surface area contributed by atoms with Crippen LogP contribution in [0.4, 0.5) is 5.82 Å². The van der Waals surface area contributed by atoms with Gasteiger partial charge in [0.1, 0.15) is 0 Å². The molecule has 2 heterocycles. The Morgan fingerprint density at radius 3 is 2.75 bits per heavy atom. The van der Waals surface area contributed by atoms with E-state index in [1.807, 2.05) is 36.5 Å². The molecule has 0 bridgehead atoms. The Morgan fingerprint density at radius 2 is 2.00 bits per heavy atom. The van der Waals surface area contributed by atoms with Crippen LogP contribution in [0.1, 0.15) is 5.69 Å². The molecular formula is C17H15ClN4OS. The van der Waals surface area contributed by atoms with Crippen LogP contribution in [-0.4, -0.2) is 26.4 Å². The minimum Gasteiger partial charge on any atom is -0.308 e. The Morgan fingerprint density at radius 1 is 1.17 bits per heavy atom. The van der Waals surface area contributed by atoms with Gasteiger partial charge in [0.2, 0.25) is 5.91 Å². The van der Waals surface area contributed by atoms with Crippen LogP contribution in [-0.2, 0) is 11.3 Å². The lowest BCUT2D eigenvalue weighted by Crippen LogP contribution is -2.14. The molecule has 0 radical (unpaired) electrons. The molecular weight excluding hydrogens is 344 g/mol. The Hall–Kier alpha value is -2.31. The molecule has 0 spiro atoms. The second-order valence-electron chi connectivity index (χ2n) is 5.01. The van der Waals surface area contributed by atoms with Gasteiger partial charge in [-0.3, -0.25) is 14.5 Å². The number of amides is 1. The van der Waals surface area contributed by atoms with Gasteiger partial charge in [0.25, 0.3) is 0 Å². The first-order valence-corrected chi connectivity index (χ1v) is 8.67. The average molecular weight is 359 g/mol. The summed E-state index contributed by atoms with van der Waals surface area (Å²) in [7, 11) is 0. The minimum absolute atomic E-state index is 0.0990. The zero-order chi connectivity index (χ0) is 16.8. The van der Waals surface area contributed by atoms with E-state index in [1.54, 1.807) is 29.1 Å². The maximum atomic E-state index is 12.0. The van der Waals surface area contributed by atoms with E-state index in [9.17, 15) is 4.79 Å². The molecule has 1 amide bonds. The molecule has 5 nitrogen and oxygen atoms in total. The van der Waals surface area contributed by atoms with Crippen LogP contribution in [0.5, 0.6) is 0 Å². The van der Waals surface area contributed by atoms with E-state index in [0.717, 1.165) is 10.6 Å². The first-order valence-electron chi connectivity index (χ1n) is 7.30. The number of hydrogen-bond acceptors (Lipinski definition) is 4. The number of carbonyl (C=O) groups is 1. The molecule has 24 heavy (non-hydrogen) atoms. The van der Waals surface area contributed by atoms with Gasteiger partial charge < -0.3 is 5.32 Å². The third-order valence-electron chi connectivity index (χ3n) is 3.14. The van der Waals surface area contributed by atoms with E-state index in [-0.39, 0.29) is 5.91 Å². The summed E-state index contributed by atoms with van der Waals surface area (Å²) in [6.45, 7) is 0.566. The zero-order valence-corrected chi connectivity index (χ0v) is 14.3. The summed E-state index contributed by atoms with van der Waals surface area (Å²) in [6.07, 6.45) is 3.56. The van der Waals surface area contributed by atoms with E-state index in [1.165, 1.54) is 11.8 Å². The van der Waals surface area contributed by atoms with Crippen LogP contribution in [0, 0.1) is 0 Å². The summed E-state index contributed by atoms with van der Waals surface area (Å²) < 4.78 is 1.74. The number of nitrogens with one attached hydrogen (secondary N) is 1. The molecule has 0 saturated heterocycles. The Kier molecular flexibility index (Phi) is 5.51. The van der Waals surface area contributed by atoms with Crippen LogP contribution in [0.3, 0.4) is 0 Å². The molecule has 0 saturated carbocycles. The van der Waals surface area contributed by atoms with E-state index in [0.29, 0.717) is 23.1 Å². The fourth-order valence-corrected chi connectivity index (χ4v) is 2.86. The lowest BCUT2D eigenvalue weighted by Gasteiger charge is -2.03. The zero-order valence-electron chi connectivity index (χ0n) is 12.7. The molecule has 0 aliphatic carbocycles. The largest absolute Gasteiger partial charge is 0.308 e. The molecule has 0 unspecified atom stereocenters. The second kappa shape index (κ2) is 7.99. The predicted molar refractivity (Wildman–Crippen MR) is 96.4 cm³/mol. The van der Waals surface area contributed by atoms with Gasteiger partial charge in [0, 0.05) is 28.4 Å². The van der Waals surface area contributed by atoms with Crippen molar-refractivity contribution in [3.63, 3.8) is 0 Å². The maximum Gasteiger partial charge on any atom is 0.235 e. The molecule has 2 aromatic heterocycles. The fourth-order valence-electron chi connectivity index (χ4n) is 2.03. The smallest absolute Gasteiger partial charge is 0.235 e. The number of halogens is 1. The highest BCUT2D eigenvalue weighted by molar-refractivity contribution is 8.00. The van der Waals surface area contributed by atoms with Crippen LogP contribution >= 0.6 is 23.4 Å². The van der Waals surface area contributed by atoms with Gasteiger partial charge in [-0.15, -0.1) is 11.8 Å². The monoisotopic (exact) mass is 358 g/mol. The van der Waals surface area contributed by atoms with Crippen molar-refractivity contribution in [2.45, 2.75) is 11.4 Å². The van der Waals surface area contributed by atoms with Crippen molar-refractivity contribution in [2.24, 2.45) is 0 Å². The highest BCUT2D eigenvalue weighted by atomic mass is 35.5. The van der Waals surface area contributed by atoms with Crippen LogP contribution in [0.2, 0.25) is 5.02 Å². The number of aromatic nitrogens is 3. The van der Waals surface area contributed by atoms with Gasteiger partial charge in [-0.05, 0) is 36.4 Å². The van der Waals surface area contributed by atoms with Crippen molar-refractivity contribution in [3.05, 3.63) is 71.6 Å². The number of pyridine rings is 1. The molecule has 122 valence electrons. The molecule has 1 aromatic carbocycles. The highest BCUT2D eigenvalue weighted by Gasteiger charge is 2.07. The number of rotatable bonds is 6. The van der Waals surface area contributed by atoms with Crippen molar-refractivity contribution >= 4 is 35.1 Å². The number of anilines is 1. The Balaban J connectivity index is 1.50. The average Bonchev–Trinajstić information content (AvgIpc) is 3.02. The van der Waals surface area contributed by atoms with E-state index in [2.05, 4.69) is 15.4 Å². The summed E-state index contributed by atoms with van der Waals surface area (Å²) in [4.78, 5) is 17.2. The number of thioether (sulfide) groups is 1. The standard InChI is InChI=1S/C17H15ClN4OS/c18-13-4-6-15(7-5-13)24-12-17(23)20-16-8-10-22(21-16)11-14-3-1-2-9-19-14/h1-10H,11-12H2,(H,20,21,23). The van der Waals surface area contributed by atoms with Crippen molar-refractivity contribution in [1.29, 1.82) is 0 Å². The van der Waals surface area contributed by atoms with E-state index in [4.69, 9.17) is 11.6 Å². The Labute approximate surface area is 149 Å². The summed E-state index contributed by atoms with van der Waals surface area (Å²) in [6, 6.07) is 14.9. The molecule has 0 aliphatic heterocycles. The normalized spacial score (nSPS) is 10.5. The van der Waals surface area contributed by atoms with Crippen LogP contribution in [0.15, 0.2) is 65.8 Å². The first kappa shape index (κ1) is 16.5. The van der Waals surface area contributed by atoms with Crippen molar-refractivity contribution in [2.75, 3.05) is 11.1 Å². The SMILES string of the molecule is O=C(CSc1ccc(Cl)cc1)Nc1ccn(Cc2ccccn2)n1. The quantitative estimate of drug-likeness (QED) is 0.682. The number of carbonyl (C=O) groups excluding carboxylic acids is 1. The minimum atomic E-state index is -0.0990. The van der Waals surface area contributed by atoms with Gasteiger partial charge in [-0.25, -0.2) is 0 Å². The third-order valence-corrected chi connectivity index (χ3v) is 4.41. The van der Waals surface area contributed by atoms with Crippen molar-refractivity contribution < 1.29 is 4.79 Å². The summed E-state index contributed by atoms with van der Waals surface area (Å²) in [5, 5.41) is 7.80. The maximum absolute atomic E-state index is 12.0. The Bertz CT molecular complexity index is 805. The summed E-state index contributed by atoms with van der Waals surface area (Å²) in [5.41, 5.74) is 0.914. The molecule has 0 atom stereocenters. The van der Waals surface area contributed by atoms with E-state index < -0.39 is 0 Å². The molecule has 7 heteroatoms. The number of nitrogens with zero attached hydrogens (tertiary/aromatic N) is 3. The molecule has 0 aliphatic rings. The van der Waals surface area contributed by atoms with Crippen LogP contribution < -0.4 is 5.32 Å². The molecule has 0 fully saturated rings. The lowest BCUT2D eigenvalue weighted by atomic mass is 10.3. The van der Waals surface area contributed by atoms with Gasteiger partial charge >= 0.3 is 0 Å². The molecule has 3 aromatic rings. The molecule has 3 rings (SSSR count). The number of benzene rings is 1. The predicted octanol–water partition coefficient (Wildman–Crippen LogP) is 3.71.